The van der Waals surface area contributed by atoms with Crippen LogP contribution in [0.2, 0.25) is 0 Å². The third kappa shape index (κ3) is 7.76. The van der Waals surface area contributed by atoms with E-state index < -0.39 is 24.3 Å². The Labute approximate surface area is 321 Å². The van der Waals surface area contributed by atoms with E-state index in [0.717, 1.165) is 66.0 Å². The summed E-state index contributed by atoms with van der Waals surface area (Å²) in [6, 6.07) is 13.3. The van der Waals surface area contributed by atoms with Crippen molar-refractivity contribution in [2.24, 2.45) is 11.8 Å². The SMILES string of the molecule is COC(=O)N[C@H](C(=O)N1CCC[C@@H]1c1ncc(-c2ccc([C@@H]3C[C@@H]3c3ccc4nc([C@@H]5CCCN5C(=O)[C@H](NC(=O)OC)C(C)C)[nH]c4c3)cc2)[nH]1)C(C)C. The molecule has 1 saturated carbocycles. The minimum Gasteiger partial charge on any atom is -0.453 e. The van der Waals surface area contributed by atoms with Crippen LogP contribution in [0.3, 0.4) is 0 Å². The van der Waals surface area contributed by atoms with E-state index in [1.807, 2.05) is 43.7 Å². The number of hydrogen-bond donors (Lipinski definition) is 4. The Morgan fingerprint density at radius 1 is 0.745 bits per heavy atom. The molecule has 4 amide bonds. The first-order valence-corrected chi connectivity index (χ1v) is 19.4. The summed E-state index contributed by atoms with van der Waals surface area (Å²) in [4.78, 5) is 71.3. The van der Waals surface area contributed by atoms with Crippen molar-refractivity contribution in [1.29, 1.82) is 0 Å². The van der Waals surface area contributed by atoms with E-state index in [9.17, 15) is 19.2 Å². The summed E-state index contributed by atoms with van der Waals surface area (Å²) in [5.41, 5.74) is 6.28. The average molecular weight is 753 g/mol. The molecule has 0 spiro atoms. The zero-order valence-corrected chi connectivity index (χ0v) is 32.4. The molecule has 292 valence electrons. The molecule has 14 nitrogen and oxygen atoms in total. The molecule has 4 heterocycles. The minimum absolute atomic E-state index is 0.0958. The molecule has 0 radical (unpaired) electrons. The van der Waals surface area contributed by atoms with E-state index in [0.29, 0.717) is 24.9 Å². The monoisotopic (exact) mass is 752 g/mol. The number of likely N-dealkylation sites (tertiary alicyclic amines) is 2. The summed E-state index contributed by atoms with van der Waals surface area (Å²) in [7, 11) is 2.59. The summed E-state index contributed by atoms with van der Waals surface area (Å²) in [6.07, 6.45) is 4.97. The molecule has 2 aromatic carbocycles. The first-order valence-electron chi connectivity index (χ1n) is 19.4. The number of carbonyl (C=O) groups excluding carboxylic acids is 4. The van der Waals surface area contributed by atoms with Crippen LogP contribution in [-0.4, -0.2) is 93.1 Å². The maximum atomic E-state index is 13.6. The molecule has 7 rings (SSSR count). The first-order chi connectivity index (χ1) is 26.5. The molecule has 1 aliphatic carbocycles. The van der Waals surface area contributed by atoms with Crippen molar-refractivity contribution in [3.63, 3.8) is 0 Å². The second-order valence-corrected chi connectivity index (χ2v) is 15.7. The number of fused-ring (bicyclic) bond motifs is 1. The number of carbonyl (C=O) groups is 4. The number of aromatic nitrogens is 4. The lowest BCUT2D eigenvalue weighted by Crippen LogP contribution is -2.51. The van der Waals surface area contributed by atoms with Crippen LogP contribution in [0.4, 0.5) is 9.59 Å². The Kier molecular flexibility index (Phi) is 10.9. The summed E-state index contributed by atoms with van der Waals surface area (Å²) in [6.45, 7) is 8.85. The van der Waals surface area contributed by atoms with Crippen molar-refractivity contribution in [3.8, 4) is 11.3 Å². The molecule has 4 aromatic rings. The molecule has 3 fully saturated rings. The molecular formula is C41H52N8O6. The van der Waals surface area contributed by atoms with Gasteiger partial charge in [0.2, 0.25) is 11.8 Å². The van der Waals surface area contributed by atoms with Gasteiger partial charge >= 0.3 is 12.2 Å². The third-order valence-electron chi connectivity index (χ3n) is 11.5. The van der Waals surface area contributed by atoms with E-state index in [1.165, 1.54) is 25.3 Å². The van der Waals surface area contributed by atoms with Gasteiger partial charge in [0.05, 0.1) is 49.2 Å². The van der Waals surface area contributed by atoms with Gasteiger partial charge in [-0.2, -0.15) is 0 Å². The number of hydrogen-bond acceptors (Lipinski definition) is 8. The van der Waals surface area contributed by atoms with Gasteiger partial charge in [-0.3, -0.25) is 9.59 Å². The zero-order valence-electron chi connectivity index (χ0n) is 32.4. The number of nitrogens with one attached hydrogen (secondary N) is 4. The van der Waals surface area contributed by atoms with Gasteiger partial charge in [0, 0.05) is 13.1 Å². The summed E-state index contributed by atoms with van der Waals surface area (Å²) < 4.78 is 9.53. The van der Waals surface area contributed by atoms with Crippen LogP contribution in [0.5, 0.6) is 0 Å². The molecule has 0 unspecified atom stereocenters. The molecular weight excluding hydrogens is 701 g/mol. The summed E-state index contributed by atoms with van der Waals surface area (Å²) in [5.74, 6) is 1.88. The lowest BCUT2D eigenvalue weighted by molar-refractivity contribution is -0.136. The predicted molar refractivity (Wildman–Crippen MR) is 206 cm³/mol. The molecule has 4 N–H and O–H groups in total. The van der Waals surface area contributed by atoms with E-state index in [2.05, 4.69) is 63.1 Å². The molecule has 2 aliphatic heterocycles. The number of methoxy groups -OCH3 is 2. The number of amides is 4. The van der Waals surface area contributed by atoms with Crippen LogP contribution in [0, 0.1) is 11.8 Å². The standard InChI is InChI=1S/C41H52N8O6/c1-22(2)34(46-40(52)54-5)38(50)48-17-7-9-32(48)36-42-21-31(45-36)25-13-11-24(12-14-25)27-20-28(27)26-15-16-29-30(19-26)44-37(43-29)33-10-8-18-49(33)39(51)35(23(3)4)47-41(53)55-6/h11-16,19,21-23,27-28,32-35H,7-10,17-18,20H2,1-6H3,(H,42,45)(H,43,44)(H,46,52)(H,47,53)/t27-,28+,32+,33-,34-,35+/m0/s1. The summed E-state index contributed by atoms with van der Waals surface area (Å²) >= 11 is 0. The van der Waals surface area contributed by atoms with Crippen molar-refractivity contribution < 1.29 is 28.7 Å². The zero-order chi connectivity index (χ0) is 39.0. The lowest BCUT2D eigenvalue weighted by atomic mass is 10.0. The second-order valence-electron chi connectivity index (χ2n) is 15.7. The van der Waals surface area contributed by atoms with Crippen LogP contribution in [0.25, 0.3) is 22.3 Å². The third-order valence-corrected chi connectivity index (χ3v) is 11.5. The fraction of sp³-hybridized carbons (Fsp3) is 0.512. The van der Waals surface area contributed by atoms with Crippen molar-refractivity contribution in [3.05, 3.63) is 71.4 Å². The molecule has 0 bridgehead atoms. The van der Waals surface area contributed by atoms with Crippen molar-refractivity contribution in [2.75, 3.05) is 27.3 Å². The Morgan fingerprint density at radius 2 is 1.29 bits per heavy atom. The van der Waals surface area contributed by atoms with E-state index >= 15 is 0 Å². The van der Waals surface area contributed by atoms with Crippen LogP contribution < -0.4 is 10.6 Å². The van der Waals surface area contributed by atoms with Gasteiger partial charge in [-0.15, -0.1) is 0 Å². The number of alkyl carbamates (subject to hydrolysis) is 2. The highest BCUT2D eigenvalue weighted by Gasteiger charge is 2.41. The number of benzene rings is 2. The largest absolute Gasteiger partial charge is 0.453 e. The van der Waals surface area contributed by atoms with Gasteiger partial charge in [0.15, 0.2) is 0 Å². The second kappa shape index (κ2) is 15.8. The highest BCUT2D eigenvalue weighted by atomic mass is 16.5. The lowest BCUT2D eigenvalue weighted by Gasteiger charge is -2.30. The number of H-pyrrole nitrogens is 2. The predicted octanol–water partition coefficient (Wildman–Crippen LogP) is 6.31. The number of nitrogens with zero attached hydrogens (tertiary/aromatic N) is 4. The Hall–Kier alpha value is -5.40. The molecule has 2 aromatic heterocycles. The Morgan fingerprint density at radius 3 is 1.85 bits per heavy atom. The van der Waals surface area contributed by atoms with Crippen LogP contribution in [0.1, 0.15) is 106 Å². The summed E-state index contributed by atoms with van der Waals surface area (Å²) in [5, 5.41) is 5.42. The quantitative estimate of drug-likeness (QED) is 0.138. The first kappa shape index (κ1) is 37.9. The molecule has 6 atom stereocenters. The molecule has 2 saturated heterocycles. The van der Waals surface area contributed by atoms with Crippen molar-refractivity contribution >= 4 is 35.0 Å². The number of imidazole rings is 2. The molecule has 14 heteroatoms. The minimum atomic E-state index is -0.679. The van der Waals surface area contributed by atoms with Gasteiger partial charge in [0.25, 0.3) is 0 Å². The van der Waals surface area contributed by atoms with Gasteiger partial charge in [0.1, 0.15) is 23.7 Å². The fourth-order valence-electron chi connectivity index (χ4n) is 8.32. The highest BCUT2D eigenvalue weighted by Crippen LogP contribution is 2.55. The number of aromatic amines is 2. The molecule has 3 aliphatic rings. The van der Waals surface area contributed by atoms with E-state index in [1.54, 1.807) is 0 Å². The van der Waals surface area contributed by atoms with Crippen LogP contribution >= 0.6 is 0 Å². The highest BCUT2D eigenvalue weighted by molar-refractivity contribution is 5.87. The van der Waals surface area contributed by atoms with Gasteiger partial charge in [-0.25, -0.2) is 19.6 Å². The smallest absolute Gasteiger partial charge is 0.407 e. The Balaban J connectivity index is 1.00. The molecule has 55 heavy (non-hydrogen) atoms. The van der Waals surface area contributed by atoms with E-state index in [-0.39, 0.29) is 35.7 Å². The topological polar surface area (TPSA) is 175 Å². The Bertz CT molecular complexity index is 2040. The maximum absolute atomic E-state index is 13.6. The van der Waals surface area contributed by atoms with Crippen LogP contribution in [0.15, 0.2) is 48.7 Å². The number of rotatable bonds is 11. The van der Waals surface area contributed by atoms with Gasteiger partial charge in [-0.05, 0) is 84.6 Å². The number of ether oxygens (including phenoxy) is 2. The normalized spacial score (nSPS) is 21.9. The average Bonchev–Trinajstić information content (AvgIpc) is 3.69. The fourth-order valence-corrected chi connectivity index (χ4v) is 8.32. The van der Waals surface area contributed by atoms with Crippen LogP contribution in [-0.2, 0) is 19.1 Å². The van der Waals surface area contributed by atoms with Crippen molar-refractivity contribution in [1.82, 2.24) is 40.4 Å². The van der Waals surface area contributed by atoms with Gasteiger partial charge in [-0.1, -0.05) is 58.0 Å². The van der Waals surface area contributed by atoms with Crippen molar-refractivity contribution in [2.45, 2.75) is 95.8 Å². The maximum Gasteiger partial charge on any atom is 0.407 e. The van der Waals surface area contributed by atoms with Gasteiger partial charge < -0.3 is 39.9 Å². The van der Waals surface area contributed by atoms with E-state index in [4.69, 9.17) is 19.4 Å².